The first-order valence-corrected chi connectivity index (χ1v) is 9.47. The first-order chi connectivity index (χ1) is 12.4. The van der Waals surface area contributed by atoms with Gasteiger partial charge in [0.15, 0.2) is 0 Å². The average molecular weight is 355 g/mol. The maximum atomic E-state index is 12.8. The first-order valence-electron chi connectivity index (χ1n) is 9.47. The Morgan fingerprint density at radius 2 is 1.88 bits per heavy atom. The topological polar surface area (TPSA) is 52.7 Å². The van der Waals surface area contributed by atoms with Crippen LogP contribution in [0, 0.1) is 13.8 Å². The van der Waals surface area contributed by atoms with E-state index < -0.39 is 0 Å². The van der Waals surface area contributed by atoms with E-state index in [4.69, 9.17) is 0 Å². The SMILES string of the molecule is C=CC(=O)NC1(CC(=O)N2CCN(c3cc(C)ccc3C)CC2)CCC1. The number of nitrogens with zero attached hydrogens (tertiary/aromatic N) is 2. The molecule has 1 aromatic carbocycles. The molecule has 1 saturated heterocycles. The summed E-state index contributed by atoms with van der Waals surface area (Å²) in [6.45, 7) is 10.9. The van der Waals surface area contributed by atoms with Crippen molar-refractivity contribution in [3.8, 4) is 0 Å². The highest BCUT2D eigenvalue weighted by molar-refractivity contribution is 5.88. The second kappa shape index (κ2) is 7.52. The number of amides is 2. The van der Waals surface area contributed by atoms with Crippen LogP contribution in [0.4, 0.5) is 5.69 Å². The smallest absolute Gasteiger partial charge is 0.243 e. The van der Waals surface area contributed by atoms with Gasteiger partial charge in [-0.1, -0.05) is 18.7 Å². The van der Waals surface area contributed by atoms with Crippen LogP contribution in [0.5, 0.6) is 0 Å². The van der Waals surface area contributed by atoms with Crippen LogP contribution in [0.2, 0.25) is 0 Å². The number of piperazine rings is 1. The van der Waals surface area contributed by atoms with Gasteiger partial charge in [0.05, 0.1) is 0 Å². The van der Waals surface area contributed by atoms with E-state index in [-0.39, 0.29) is 17.4 Å². The standard InChI is InChI=1S/C21H29N3O2/c1-4-19(25)22-21(8-5-9-21)15-20(26)24-12-10-23(11-13-24)18-14-16(2)6-7-17(18)3/h4,6-7,14H,1,5,8-13,15H2,2-3H3,(H,22,25). The fraction of sp³-hybridized carbons (Fsp3) is 0.524. The zero-order valence-electron chi connectivity index (χ0n) is 15.9. The van der Waals surface area contributed by atoms with Gasteiger partial charge in [0.1, 0.15) is 0 Å². The Morgan fingerprint density at radius 1 is 1.19 bits per heavy atom. The van der Waals surface area contributed by atoms with E-state index in [0.29, 0.717) is 6.42 Å². The van der Waals surface area contributed by atoms with Crippen molar-refractivity contribution in [1.29, 1.82) is 0 Å². The lowest BCUT2D eigenvalue weighted by Crippen LogP contribution is -2.57. The van der Waals surface area contributed by atoms with Gasteiger partial charge in [-0.2, -0.15) is 0 Å². The van der Waals surface area contributed by atoms with E-state index >= 15 is 0 Å². The van der Waals surface area contributed by atoms with Crippen LogP contribution in [0.3, 0.4) is 0 Å². The molecular weight excluding hydrogens is 326 g/mol. The monoisotopic (exact) mass is 355 g/mol. The molecule has 2 fully saturated rings. The largest absolute Gasteiger partial charge is 0.368 e. The number of hydrogen-bond acceptors (Lipinski definition) is 3. The second-order valence-corrected chi connectivity index (χ2v) is 7.66. The number of anilines is 1. The van der Waals surface area contributed by atoms with Crippen molar-refractivity contribution in [3.63, 3.8) is 0 Å². The number of nitrogens with one attached hydrogen (secondary N) is 1. The van der Waals surface area contributed by atoms with E-state index in [1.54, 1.807) is 0 Å². The maximum Gasteiger partial charge on any atom is 0.243 e. The molecule has 26 heavy (non-hydrogen) atoms. The van der Waals surface area contributed by atoms with Gasteiger partial charge in [-0.25, -0.2) is 0 Å². The van der Waals surface area contributed by atoms with Crippen LogP contribution >= 0.6 is 0 Å². The third-order valence-electron chi connectivity index (χ3n) is 5.71. The highest BCUT2D eigenvalue weighted by Crippen LogP contribution is 2.35. The zero-order chi connectivity index (χ0) is 18.7. The Hall–Kier alpha value is -2.30. The van der Waals surface area contributed by atoms with Crippen molar-refractivity contribution in [2.75, 3.05) is 31.1 Å². The van der Waals surface area contributed by atoms with Gasteiger partial charge in [0.25, 0.3) is 0 Å². The molecule has 0 aromatic heterocycles. The van der Waals surface area contributed by atoms with Gasteiger partial charge in [0, 0.05) is 43.8 Å². The minimum atomic E-state index is -0.355. The molecule has 1 saturated carbocycles. The minimum absolute atomic E-state index is 0.148. The van der Waals surface area contributed by atoms with E-state index in [9.17, 15) is 9.59 Å². The highest BCUT2D eigenvalue weighted by atomic mass is 16.2. The number of aryl methyl sites for hydroxylation is 2. The van der Waals surface area contributed by atoms with E-state index in [0.717, 1.165) is 45.4 Å². The second-order valence-electron chi connectivity index (χ2n) is 7.66. The third kappa shape index (κ3) is 3.92. The summed E-state index contributed by atoms with van der Waals surface area (Å²) in [6.07, 6.45) is 4.50. The van der Waals surface area contributed by atoms with Crippen molar-refractivity contribution in [2.45, 2.75) is 45.1 Å². The third-order valence-corrected chi connectivity index (χ3v) is 5.71. The van der Waals surface area contributed by atoms with Crippen LogP contribution in [-0.2, 0) is 9.59 Å². The predicted octanol–water partition coefficient (Wildman–Crippen LogP) is 2.57. The highest BCUT2D eigenvalue weighted by Gasteiger charge is 2.41. The summed E-state index contributed by atoms with van der Waals surface area (Å²) in [5.41, 5.74) is 3.45. The summed E-state index contributed by atoms with van der Waals surface area (Å²) >= 11 is 0. The molecule has 1 aliphatic carbocycles. The molecule has 0 spiro atoms. The molecule has 2 amide bonds. The van der Waals surface area contributed by atoms with Crippen molar-refractivity contribution < 1.29 is 9.59 Å². The number of rotatable bonds is 5. The van der Waals surface area contributed by atoms with Gasteiger partial charge in [-0.15, -0.1) is 0 Å². The Kier molecular flexibility index (Phi) is 5.35. The number of carbonyl (C=O) groups excluding carboxylic acids is 2. The van der Waals surface area contributed by atoms with Gasteiger partial charge < -0.3 is 15.1 Å². The molecule has 140 valence electrons. The molecular formula is C21H29N3O2. The molecule has 1 aromatic rings. The molecule has 0 bridgehead atoms. The molecule has 5 nitrogen and oxygen atoms in total. The minimum Gasteiger partial charge on any atom is -0.368 e. The fourth-order valence-corrected chi connectivity index (χ4v) is 3.92. The summed E-state index contributed by atoms with van der Waals surface area (Å²) in [4.78, 5) is 28.8. The molecule has 1 aliphatic heterocycles. The molecule has 2 aliphatic rings. The normalized spacial score (nSPS) is 18.8. The lowest BCUT2D eigenvalue weighted by atomic mass is 9.74. The van der Waals surface area contributed by atoms with Crippen molar-refractivity contribution >= 4 is 17.5 Å². The maximum absolute atomic E-state index is 12.8. The zero-order valence-corrected chi connectivity index (χ0v) is 15.9. The molecule has 1 N–H and O–H groups in total. The lowest BCUT2D eigenvalue weighted by molar-refractivity contribution is -0.134. The molecule has 1 heterocycles. The van der Waals surface area contributed by atoms with Crippen LogP contribution < -0.4 is 10.2 Å². The van der Waals surface area contributed by atoms with E-state index in [1.807, 2.05) is 4.90 Å². The van der Waals surface area contributed by atoms with Gasteiger partial charge in [-0.05, 0) is 56.4 Å². The quantitative estimate of drug-likeness (QED) is 0.826. The number of carbonyl (C=O) groups is 2. The fourth-order valence-electron chi connectivity index (χ4n) is 3.92. The molecule has 5 heteroatoms. The summed E-state index contributed by atoms with van der Waals surface area (Å²) in [5, 5.41) is 2.98. The average Bonchev–Trinajstić information content (AvgIpc) is 2.61. The van der Waals surface area contributed by atoms with Crippen molar-refractivity contribution in [3.05, 3.63) is 42.0 Å². The lowest BCUT2D eigenvalue weighted by Gasteiger charge is -2.44. The summed E-state index contributed by atoms with van der Waals surface area (Å²) in [7, 11) is 0. The Bertz CT molecular complexity index is 701. The Morgan fingerprint density at radius 3 is 2.46 bits per heavy atom. The summed E-state index contributed by atoms with van der Waals surface area (Å²) in [6, 6.07) is 6.51. The summed E-state index contributed by atoms with van der Waals surface area (Å²) in [5.74, 6) is -0.0353. The molecule has 0 atom stereocenters. The van der Waals surface area contributed by atoms with E-state index in [1.165, 1.54) is 22.9 Å². The number of benzene rings is 1. The Labute approximate surface area is 156 Å². The van der Waals surface area contributed by atoms with Gasteiger partial charge in [0.2, 0.25) is 11.8 Å². The predicted molar refractivity (Wildman–Crippen MR) is 104 cm³/mol. The summed E-state index contributed by atoms with van der Waals surface area (Å²) < 4.78 is 0. The molecule has 0 radical (unpaired) electrons. The van der Waals surface area contributed by atoms with Crippen LogP contribution in [-0.4, -0.2) is 48.4 Å². The van der Waals surface area contributed by atoms with Crippen LogP contribution in [0.1, 0.15) is 36.8 Å². The van der Waals surface area contributed by atoms with Crippen molar-refractivity contribution in [2.24, 2.45) is 0 Å². The molecule has 0 unspecified atom stereocenters. The first kappa shape index (κ1) is 18.5. The van der Waals surface area contributed by atoms with Crippen LogP contribution in [0.25, 0.3) is 0 Å². The van der Waals surface area contributed by atoms with Crippen molar-refractivity contribution in [1.82, 2.24) is 10.2 Å². The van der Waals surface area contributed by atoms with Gasteiger partial charge in [-0.3, -0.25) is 9.59 Å². The number of hydrogen-bond donors (Lipinski definition) is 1. The molecule has 3 rings (SSSR count). The Balaban J connectivity index is 1.57. The van der Waals surface area contributed by atoms with Crippen LogP contribution in [0.15, 0.2) is 30.9 Å². The van der Waals surface area contributed by atoms with E-state index in [2.05, 4.69) is 48.8 Å². The van der Waals surface area contributed by atoms with Gasteiger partial charge >= 0.3 is 0 Å².